The summed E-state index contributed by atoms with van der Waals surface area (Å²) in [5.41, 5.74) is 0. The van der Waals surface area contributed by atoms with E-state index in [0.29, 0.717) is 0 Å². The molecular weight excluding hydrogens is 200 g/mol. The number of hydrogen-bond acceptors (Lipinski definition) is 3. The molecule has 2 N–H and O–H groups in total. The normalized spacial score (nSPS) is 21.0. The zero-order chi connectivity index (χ0) is 11.6. The zero-order valence-electron chi connectivity index (χ0n) is 8.69. The van der Waals surface area contributed by atoms with Gasteiger partial charge in [0.2, 0.25) is 0 Å². The van der Waals surface area contributed by atoms with Gasteiger partial charge in [0, 0.05) is 6.54 Å². The summed E-state index contributed by atoms with van der Waals surface area (Å²) in [5.74, 6) is -1.35. The van der Waals surface area contributed by atoms with Crippen LogP contribution in [0.1, 0.15) is 20.3 Å². The third-order valence-electron chi connectivity index (χ3n) is 2.29. The maximum absolute atomic E-state index is 11.4. The van der Waals surface area contributed by atoms with Crippen LogP contribution in [0.25, 0.3) is 0 Å². The number of amides is 3. The Hall–Kier alpha value is -1.59. The van der Waals surface area contributed by atoms with E-state index in [1.165, 1.54) is 4.90 Å². The lowest BCUT2D eigenvalue weighted by Crippen LogP contribution is -2.40. The number of urea groups is 1. The minimum Gasteiger partial charge on any atom is -0.481 e. The lowest BCUT2D eigenvalue weighted by molar-refractivity contribution is -0.137. The van der Waals surface area contributed by atoms with Crippen LogP contribution in [-0.2, 0) is 9.59 Å². The largest absolute Gasteiger partial charge is 0.481 e. The van der Waals surface area contributed by atoms with Crippen molar-refractivity contribution >= 4 is 17.9 Å². The Morgan fingerprint density at radius 1 is 1.53 bits per heavy atom. The second kappa shape index (κ2) is 4.29. The molecule has 1 saturated heterocycles. The van der Waals surface area contributed by atoms with Gasteiger partial charge in [-0.3, -0.25) is 14.9 Å². The highest BCUT2D eigenvalue weighted by molar-refractivity contribution is 6.04. The average Bonchev–Trinajstić information content (AvgIpc) is 2.37. The molecule has 6 heteroatoms. The van der Waals surface area contributed by atoms with Gasteiger partial charge < -0.3 is 10.0 Å². The number of rotatable bonds is 4. The molecule has 1 fully saturated rings. The van der Waals surface area contributed by atoms with E-state index in [9.17, 15) is 14.4 Å². The molecule has 0 aromatic heterocycles. The van der Waals surface area contributed by atoms with Gasteiger partial charge in [-0.2, -0.15) is 0 Å². The SMILES string of the molecule is CC(C)C1C(=O)NC(=O)N1CCC(=O)O. The van der Waals surface area contributed by atoms with E-state index in [1.54, 1.807) is 0 Å². The molecule has 1 aliphatic heterocycles. The second-order valence-corrected chi connectivity index (χ2v) is 3.82. The van der Waals surface area contributed by atoms with Gasteiger partial charge in [0.1, 0.15) is 6.04 Å². The van der Waals surface area contributed by atoms with Crippen LogP contribution in [0.4, 0.5) is 4.79 Å². The van der Waals surface area contributed by atoms with Crippen LogP contribution in [0.15, 0.2) is 0 Å². The van der Waals surface area contributed by atoms with Crippen LogP contribution in [0.5, 0.6) is 0 Å². The van der Waals surface area contributed by atoms with Crippen molar-refractivity contribution < 1.29 is 19.5 Å². The third kappa shape index (κ3) is 2.45. The Morgan fingerprint density at radius 3 is 2.60 bits per heavy atom. The van der Waals surface area contributed by atoms with Gasteiger partial charge in [0.25, 0.3) is 5.91 Å². The predicted molar refractivity (Wildman–Crippen MR) is 51.1 cm³/mol. The molecule has 6 nitrogen and oxygen atoms in total. The number of carboxylic acid groups (broad SMARTS) is 1. The fourth-order valence-corrected chi connectivity index (χ4v) is 1.64. The average molecular weight is 214 g/mol. The smallest absolute Gasteiger partial charge is 0.324 e. The van der Waals surface area contributed by atoms with Crippen molar-refractivity contribution in [3.05, 3.63) is 0 Å². The summed E-state index contributed by atoms with van der Waals surface area (Å²) in [5, 5.41) is 10.7. The summed E-state index contributed by atoms with van der Waals surface area (Å²) >= 11 is 0. The van der Waals surface area contributed by atoms with Gasteiger partial charge in [-0.1, -0.05) is 13.8 Å². The van der Waals surface area contributed by atoms with Gasteiger partial charge in [0.15, 0.2) is 0 Å². The maximum Gasteiger partial charge on any atom is 0.324 e. The minimum absolute atomic E-state index is 0.0229. The molecule has 1 aliphatic rings. The maximum atomic E-state index is 11.4. The number of nitrogens with one attached hydrogen (secondary N) is 1. The minimum atomic E-state index is -0.982. The quantitative estimate of drug-likeness (QED) is 0.647. The number of carbonyl (C=O) groups excluding carboxylic acids is 2. The van der Waals surface area contributed by atoms with Gasteiger partial charge in [-0.15, -0.1) is 0 Å². The van der Waals surface area contributed by atoms with Crippen molar-refractivity contribution in [2.45, 2.75) is 26.3 Å². The zero-order valence-corrected chi connectivity index (χ0v) is 8.69. The van der Waals surface area contributed by atoms with E-state index in [0.717, 1.165) is 0 Å². The van der Waals surface area contributed by atoms with Crippen LogP contribution in [0.3, 0.4) is 0 Å². The summed E-state index contributed by atoms with van der Waals surface area (Å²) in [4.78, 5) is 34.3. The summed E-state index contributed by atoms with van der Waals surface area (Å²) in [7, 11) is 0. The number of carboxylic acids is 1. The van der Waals surface area contributed by atoms with Gasteiger partial charge in [-0.05, 0) is 5.92 Å². The molecule has 0 radical (unpaired) electrons. The molecule has 1 unspecified atom stereocenters. The Labute approximate surface area is 87.2 Å². The van der Waals surface area contributed by atoms with Crippen molar-refractivity contribution in [2.75, 3.05) is 6.54 Å². The summed E-state index contributed by atoms with van der Waals surface area (Å²) in [6.45, 7) is 3.70. The van der Waals surface area contributed by atoms with Crippen LogP contribution in [0, 0.1) is 5.92 Å². The highest BCUT2D eigenvalue weighted by Crippen LogP contribution is 2.16. The number of imide groups is 1. The first kappa shape index (κ1) is 11.5. The number of aliphatic carboxylic acids is 1. The van der Waals surface area contributed by atoms with E-state index < -0.39 is 18.0 Å². The summed E-state index contributed by atoms with van der Waals surface area (Å²) in [6.07, 6.45) is -0.149. The van der Waals surface area contributed by atoms with E-state index in [2.05, 4.69) is 5.32 Å². The van der Waals surface area contributed by atoms with Crippen molar-refractivity contribution in [3.63, 3.8) is 0 Å². The number of nitrogens with zero attached hydrogens (tertiary/aromatic N) is 1. The van der Waals surface area contributed by atoms with Crippen LogP contribution in [0.2, 0.25) is 0 Å². The Bertz CT molecular complexity index is 300. The van der Waals surface area contributed by atoms with Crippen molar-refractivity contribution in [1.82, 2.24) is 10.2 Å². The first-order chi connectivity index (χ1) is 6.93. The van der Waals surface area contributed by atoms with Crippen molar-refractivity contribution in [1.29, 1.82) is 0 Å². The number of carbonyl (C=O) groups is 3. The van der Waals surface area contributed by atoms with Crippen LogP contribution in [-0.4, -0.2) is 40.5 Å². The monoisotopic (exact) mass is 214 g/mol. The van der Waals surface area contributed by atoms with Crippen LogP contribution < -0.4 is 5.32 Å². The van der Waals surface area contributed by atoms with Crippen LogP contribution >= 0.6 is 0 Å². The standard InChI is InChI=1S/C9H14N2O4/c1-5(2)7-8(14)10-9(15)11(7)4-3-6(12)13/h5,7H,3-4H2,1-2H3,(H,12,13)(H,10,14,15). The molecule has 1 heterocycles. The summed E-state index contributed by atoms with van der Waals surface area (Å²) in [6, 6.07) is -1.04. The molecule has 0 bridgehead atoms. The van der Waals surface area contributed by atoms with E-state index in [1.807, 2.05) is 13.8 Å². The first-order valence-electron chi connectivity index (χ1n) is 4.76. The molecule has 0 aliphatic carbocycles. The Morgan fingerprint density at radius 2 is 2.13 bits per heavy atom. The van der Waals surface area contributed by atoms with Gasteiger partial charge in [-0.25, -0.2) is 4.79 Å². The van der Waals surface area contributed by atoms with Gasteiger partial charge >= 0.3 is 12.0 Å². The molecule has 15 heavy (non-hydrogen) atoms. The topological polar surface area (TPSA) is 86.7 Å². The fourth-order valence-electron chi connectivity index (χ4n) is 1.64. The lowest BCUT2D eigenvalue weighted by atomic mass is 10.0. The van der Waals surface area contributed by atoms with Crippen molar-refractivity contribution in [3.8, 4) is 0 Å². The van der Waals surface area contributed by atoms with E-state index >= 15 is 0 Å². The lowest BCUT2D eigenvalue weighted by Gasteiger charge is -2.23. The molecule has 0 aromatic carbocycles. The third-order valence-corrected chi connectivity index (χ3v) is 2.29. The van der Waals surface area contributed by atoms with E-state index in [-0.39, 0.29) is 24.8 Å². The Kier molecular flexibility index (Phi) is 3.28. The highest BCUT2D eigenvalue weighted by Gasteiger charge is 2.39. The molecule has 0 aromatic rings. The second-order valence-electron chi connectivity index (χ2n) is 3.82. The predicted octanol–water partition coefficient (Wildman–Crippen LogP) is 0.0375. The Balaban J connectivity index is 2.70. The molecular formula is C9H14N2O4. The molecule has 84 valence electrons. The summed E-state index contributed by atoms with van der Waals surface area (Å²) < 4.78 is 0. The molecule has 0 saturated carbocycles. The molecule has 0 spiro atoms. The van der Waals surface area contributed by atoms with E-state index in [4.69, 9.17) is 5.11 Å². The highest BCUT2D eigenvalue weighted by atomic mass is 16.4. The van der Waals surface area contributed by atoms with Gasteiger partial charge in [0.05, 0.1) is 6.42 Å². The van der Waals surface area contributed by atoms with Crippen molar-refractivity contribution in [2.24, 2.45) is 5.92 Å². The molecule has 1 rings (SSSR count). The molecule has 3 amide bonds. The number of hydrogen-bond donors (Lipinski definition) is 2. The first-order valence-corrected chi connectivity index (χ1v) is 4.76. The fraction of sp³-hybridized carbons (Fsp3) is 0.667. The molecule has 1 atom stereocenters.